The SMILES string of the molecule is C=CC(=O)OCCCC(=O)OCCOC(C)CC. The lowest BCUT2D eigenvalue weighted by Gasteiger charge is -2.10. The molecule has 0 amide bonds. The second-order valence-corrected chi connectivity index (χ2v) is 3.79. The molecule has 0 saturated carbocycles. The number of carbonyl (C=O) groups is 2. The summed E-state index contributed by atoms with van der Waals surface area (Å²) in [5.41, 5.74) is 0. The highest BCUT2D eigenvalue weighted by molar-refractivity contribution is 5.81. The molecule has 0 N–H and O–H groups in total. The molecule has 5 nitrogen and oxygen atoms in total. The fraction of sp³-hybridized carbons (Fsp3) is 0.692. The summed E-state index contributed by atoms with van der Waals surface area (Å²) in [6, 6.07) is 0. The predicted octanol–water partition coefficient (Wildman–Crippen LogP) is 1.85. The van der Waals surface area contributed by atoms with Crippen molar-refractivity contribution in [2.24, 2.45) is 0 Å². The highest BCUT2D eigenvalue weighted by atomic mass is 16.6. The monoisotopic (exact) mass is 258 g/mol. The summed E-state index contributed by atoms with van der Waals surface area (Å²) in [4.78, 5) is 21.9. The van der Waals surface area contributed by atoms with Gasteiger partial charge >= 0.3 is 11.9 Å². The van der Waals surface area contributed by atoms with Crippen LogP contribution < -0.4 is 0 Å². The summed E-state index contributed by atoms with van der Waals surface area (Å²) in [7, 11) is 0. The number of carbonyl (C=O) groups excluding carboxylic acids is 2. The van der Waals surface area contributed by atoms with E-state index >= 15 is 0 Å². The molecule has 0 aromatic rings. The Morgan fingerprint density at radius 2 is 1.94 bits per heavy atom. The Balaban J connectivity index is 3.38. The van der Waals surface area contributed by atoms with Gasteiger partial charge in [-0.2, -0.15) is 0 Å². The van der Waals surface area contributed by atoms with E-state index in [1.165, 1.54) is 0 Å². The van der Waals surface area contributed by atoms with E-state index in [2.05, 4.69) is 6.58 Å². The third-order valence-corrected chi connectivity index (χ3v) is 2.26. The fourth-order valence-corrected chi connectivity index (χ4v) is 1.04. The zero-order chi connectivity index (χ0) is 13.8. The summed E-state index contributed by atoms with van der Waals surface area (Å²) >= 11 is 0. The highest BCUT2D eigenvalue weighted by Gasteiger charge is 2.04. The van der Waals surface area contributed by atoms with Crippen molar-refractivity contribution in [1.29, 1.82) is 0 Å². The second-order valence-electron chi connectivity index (χ2n) is 3.79. The van der Waals surface area contributed by atoms with Crippen LogP contribution in [0.3, 0.4) is 0 Å². The van der Waals surface area contributed by atoms with E-state index < -0.39 is 5.97 Å². The fourth-order valence-electron chi connectivity index (χ4n) is 1.04. The van der Waals surface area contributed by atoms with Gasteiger partial charge in [0, 0.05) is 12.5 Å². The molecule has 5 heteroatoms. The molecule has 1 atom stereocenters. The van der Waals surface area contributed by atoms with E-state index in [9.17, 15) is 9.59 Å². The van der Waals surface area contributed by atoms with Gasteiger partial charge in [0.05, 0.1) is 19.3 Å². The molecule has 104 valence electrons. The van der Waals surface area contributed by atoms with Crippen molar-refractivity contribution < 1.29 is 23.8 Å². The first-order chi connectivity index (χ1) is 8.60. The standard InChI is InChI=1S/C13H22O5/c1-4-11(3)16-9-10-18-13(15)7-6-8-17-12(14)5-2/h5,11H,2,4,6-10H2,1,3H3. The lowest BCUT2D eigenvalue weighted by atomic mass is 10.3. The summed E-state index contributed by atoms with van der Waals surface area (Å²) < 4.78 is 15.0. The smallest absolute Gasteiger partial charge is 0.330 e. The van der Waals surface area contributed by atoms with Crippen LogP contribution in [-0.2, 0) is 23.8 Å². The maximum absolute atomic E-state index is 11.2. The molecule has 0 aliphatic carbocycles. The third kappa shape index (κ3) is 9.84. The van der Waals surface area contributed by atoms with Crippen LogP contribution in [-0.4, -0.2) is 37.9 Å². The van der Waals surface area contributed by atoms with E-state index in [0.717, 1.165) is 12.5 Å². The van der Waals surface area contributed by atoms with Crippen molar-refractivity contribution in [2.45, 2.75) is 39.2 Å². The summed E-state index contributed by atoms with van der Waals surface area (Å²) in [6.07, 6.45) is 2.88. The van der Waals surface area contributed by atoms with Crippen LogP contribution in [0.5, 0.6) is 0 Å². The van der Waals surface area contributed by atoms with Crippen LogP contribution in [0.2, 0.25) is 0 Å². The molecule has 0 rings (SSSR count). The van der Waals surface area contributed by atoms with Crippen LogP contribution >= 0.6 is 0 Å². The minimum absolute atomic E-state index is 0.182. The molecule has 0 heterocycles. The van der Waals surface area contributed by atoms with E-state index in [-0.39, 0.29) is 31.7 Å². The van der Waals surface area contributed by atoms with E-state index in [0.29, 0.717) is 13.0 Å². The quantitative estimate of drug-likeness (QED) is 0.340. The van der Waals surface area contributed by atoms with Gasteiger partial charge in [-0.1, -0.05) is 13.5 Å². The van der Waals surface area contributed by atoms with Crippen molar-refractivity contribution in [3.05, 3.63) is 12.7 Å². The number of hydrogen-bond donors (Lipinski definition) is 0. The lowest BCUT2D eigenvalue weighted by molar-refractivity contribution is -0.147. The minimum atomic E-state index is -0.481. The number of rotatable bonds is 10. The first-order valence-corrected chi connectivity index (χ1v) is 6.16. The molecule has 18 heavy (non-hydrogen) atoms. The van der Waals surface area contributed by atoms with Gasteiger partial charge < -0.3 is 14.2 Å². The number of esters is 2. The maximum atomic E-state index is 11.2. The van der Waals surface area contributed by atoms with Gasteiger partial charge in [0.1, 0.15) is 6.61 Å². The molecule has 1 unspecified atom stereocenters. The molecule has 0 saturated heterocycles. The van der Waals surface area contributed by atoms with Gasteiger partial charge in [-0.3, -0.25) is 4.79 Å². The minimum Gasteiger partial charge on any atom is -0.463 e. The number of hydrogen-bond acceptors (Lipinski definition) is 5. The van der Waals surface area contributed by atoms with E-state index in [1.807, 2.05) is 13.8 Å². The molecule has 0 bridgehead atoms. The van der Waals surface area contributed by atoms with Gasteiger partial charge in [0.25, 0.3) is 0 Å². The van der Waals surface area contributed by atoms with E-state index in [4.69, 9.17) is 14.2 Å². The molecule has 0 radical (unpaired) electrons. The van der Waals surface area contributed by atoms with Crippen LogP contribution in [0.1, 0.15) is 33.1 Å². The third-order valence-electron chi connectivity index (χ3n) is 2.26. The normalized spacial score (nSPS) is 11.7. The Hall–Kier alpha value is -1.36. The molecule has 0 fully saturated rings. The average molecular weight is 258 g/mol. The topological polar surface area (TPSA) is 61.8 Å². The lowest BCUT2D eigenvalue weighted by Crippen LogP contribution is -2.15. The Labute approximate surface area is 108 Å². The van der Waals surface area contributed by atoms with Gasteiger partial charge in [-0.05, 0) is 19.8 Å². The largest absolute Gasteiger partial charge is 0.463 e. The van der Waals surface area contributed by atoms with Crippen molar-refractivity contribution in [2.75, 3.05) is 19.8 Å². The zero-order valence-electron chi connectivity index (χ0n) is 11.1. The Kier molecular flexibility index (Phi) is 9.96. The van der Waals surface area contributed by atoms with Crippen LogP contribution in [0.15, 0.2) is 12.7 Å². The molecule has 0 aliphatic heterocycles. The molecule has 0 aliphatic rings. The van der Waals surface area contributed by atoms with Gasteiger partial charge in [0.2, 0.25) is 0 Å². The highest BCUT2D eigenvalue weighted by Crippen LogP contribution is 1.97. The summed E-state index contributed by atoms with van der Waals surface area (Å²) in [5.74, 6) is -0.789. The Morgan fingerprint density at radius 3 is 2.56 bits per heavy atom. The Morgan fingerprint density at radius 1 is 1.22 bits per heavy atom. The summed E-state index contributed by atoms with van der Waals surface area (Å²) in [6.45, 7) is 8.13. The van der Waals surface area contributed by atoms with Crippen LogP contribution in [0.25, 0.3) is 0 Å². The molecule has 0 spiro atoms. The van der Waals surface area contributed by atoms with Gasteiger partial charge in [-0.15, -0.1) is 0 Å². The van der Waals surface area contributed by atoms with Gasteiger partial charge in [-0.25, -0.2) is 4.79 Å². The molecule has 0 aromatic heterocycles. The zero-order valence-corrected chi connectivity index (χ0v) is 11.1. The Bertz CT molecular complexity index is 262. The van der Waals surface area contributed by atoms with Crippen molar-refractivity contribution >= 4 is 11.9 Å². The van der Waals surface area contributed by atoms with Crippen molar-refractivity contribution in [1.82, 2.24) is 0 Å². The van der Waals surface area contributed by atoms with Gasteiger partial charge in [0.15, 0.2) is 0 Å². The first kappa shape index (κ1) is 16.6. The average Bonchev–Trinajstić information content (AvgIpc) is 2.38. The first-order valence-electron chi connectivity index (χ1n) is 6.16. The molecule has 0 aromatic carbocycles. The summed E-state index contributed by atoms with van der Waals surface area (Å²) in [5, 5.41) is 0. The molecular weight excluding hydrogens is 236 g/mol. The maximum Gasteiger partial charge on any atom is 0.330 e. The van der Waals surface area contributed by atoms with Crippen molar-refractivity contribution in [3.63, 3.8) is 0 Å². The van der Waals surface area contributed by atoms with Crippen molar-refractivity contribution in [3.8, 4) is 0 Å². The predicted molar refractivity (Wildman–Crippen MR) is 67.1 cm³/mol. The van der Waals surface area contributed by atoms with Crippen LogP contribution in [0, 0.1) is 0 Å². The van der Waals surface area contributed by atoms with Crippen LogP contribution in [0.4, 0.5) is 0 Å². The van der Waals surface area contributed by atoms with E-state index in [1.54, 1.807) is 0 Å². The molecular formula is C13H22O5. The second kappa shape index (κ2) is 10.8. The number of ether oxygens (including phenoxy) is 3.